The maximum absolute atomic E-state index is 11.1. The number of phenolic OH excluding ortho intramolecular Hbond substituents is 2. The fourth-order valence-corrected chi connectivity index (χ4v) is 14.5. The van der Waals surface area contributed by atoms with Crippen molar-refractivity contribution in [3.8, 4) is 23.0 Å². The summed E-state index contributed by atoms with van der Waals surface area (Å²) in [6.45, 7) is 30.1. The van der Waals surface area contributed by atoms with Gasteiger partial charge < -0.3 is 37.8 Å². The molecule has 8 nitrogen and oxygen atoms in total. The number of hydrogen-bond donors (Lipinski definition) is 2. The van der Waals surface area contributed by atoms with E-state index in [1.807, 2.05) is 48.5 Å². The molecule has 340 valence electrons. The molecule has 0 atom stereocenters. The van der Waals surface area contributed by atoms with E-state index in [2.05, 4.69) is 131 Å². The first kappa shape index (κ1) is 58.7. The molecule has 0 aliphatic carbocycles. The summed E-state index contributed by atoms with van der Waals surface area (Å²) in [5, 5.41) is 29.9. The fourth-order valence-electron chi connectivity index (χ4n) is 7.19. The summed E-state index contributed by atoms with van der Waals surface area (Å²) >= 11 is 2.41. The van der Waals surface area contributed by atoms with Gasteiger partial charge >= 0.3 is 68.5 Å². The summed E-state index contributed by atoms with van der Waals surface area (Å²) in [7, 11) is -4.09. The second-order valence-corrected chi connectivity index (χ2v) is 25.6. The number of ether oxygens (including phenoxy) is 1. The van der Waals surface area contributed by atoms with Crippen LogP contribution in [0.1, 0.15) is 118 Å². The molecule has 4 aromatic rings. The number of halogens is 1. The van der Waals surface area contributed by atoms with E-state index in [-0.39, 0.29) is 104 Å². The van der Waals surface area contributed by atoms with Crippen molar-refractivity contribution in [2.24, 2.45) is 0 Å². The van der Waals surface area contributed by atoms with Crippen LogP contribution in [0, 0.1) is 0 Å². The van der Waals surface area contributed by atoms with Gasteiger partial charge in [-0.25, -0.2) is 0 Å². The molecule has 2 N–H and O–H groups in total. The summed E-state index contributed by atoms with van der Waals surface area (Å²) < 4.78 is 31.4. The molecule has 4 aromatic carbocycles. The van der Waals surface area contributed by atoms with Gasteiger partial charge in [0.1, 0.15) is 17.2 Å². The van der Waals surface area contributed by atoms with Crippen LogP contribution in [0.4, 0.5) is 0 Å². The standard InChI is InChI=1S/C25H38O4Si.C15H16O2.C10H23IO2Si.K/c1-19(2)28-30(7,29-20(3)4)18-8-17-27-24-15-11-22(12-16-24)25(5,6)21-9-13-23(26)14-10-21;1-15(2,11-3-7-13(16)8-4-11)12-5-9-14(17)10-6-12;1-9(2)12-14(5,8-6-7-11)13-10(3)4;/h9-16,19-20,26H,8,17-18H2,1-7H3;3-10,16-17H,1-2H3;9-10H,6-8H2,1-5H3;/q;;;+1/p-1. The van der Waals surface area contributed by atoms with Gasteiger partial charge in [-0.05, 0) is 156 Å². The number of phenols is 2. The van der Waals surface area contributed by atoms with Crippen molar-refractivity contribution in [1.29, 1.82) is 0 Å². The summed E-state index contributed by atoms with van der Waals surface area (Å²) in [6.07, 6.45) is 3.00. The van der Waals surface area contributed by atoms with Gasteiger partial charge in [0.2, 0.25) is 0 Å². The number of rotatable bonds is 20. The van der Waals surface area contributed by atoms with Crippen molar-refractivity contribution < 1.29 is 89.1 Å². The zero-order chi connectivity index (χ0) is 46.0. The van der Waals surface area contributed by atoms with Gasteiger partial charge in [0.05, 0.1) is 6.61 Å². The van der Waals surface area contributed by atoms with Crippen molar-refractivity contribution in [2.75, 3.05) is 11.0 Å². The molecule has 0 fully saturated rings. The van der Waals surface area contributed by atoms with Crippen LogP contribution in [-0.2, 0) is 28.5 Å². The minimum Gasteiger partial charge on any atom is -0.872 e. The number of aromatic hydroxyl groups is 2. The third kappa shape index (κ3) is 21.4. The molecule has 0 saturated heterocycles. The molecule has 0 spiro atoms. The first-order valence-electron chi connectivity index (χ1n) is 21.8. The van der Waals surface area contributed by atoms with E-state index >= 15 is 0 Å². The SMILES string of the molecule is CC(C)(c1ccc([O-])cc1)c1ccc(O)cc1.CC(C)O[Si](C)(CCCI)OC(C)C.CC(C)O[Si](C)(CCCOc1ccc(C(C)(C)c2ccc(O)cc2)cc1)OC(C)C.[K+]. The molecule has 12 heteroatoms. The molecule has 0 bridgehead atoms. The van der Waals surface area contributed by atoms with Crippen molar-refractivity contribution in [3.05, 3.63) is 119 Å². The second-order valence-electron chi connectivity index (χ2n) is 18.1. The molecule has 0 aliphatic rings. The zero-order valence-corrected chi connectivity index (χ0v) is 47.8. The van der Waals surface area contributed by atoms with E-state index in [1.54, 1.807) is 36.4 Å². The molecule has 0 aromatic heterocycles. The van der Waals surface area contributed by atoms with Crippen molar-refractivity contribution in [3.63, 3.8) is 0 Å². The normalized spacial score (nSPS) is 12.1. The Balaban J connectivity index is 0.000000508. The van der Waals surface area contributed by atoms with E-state index < -0.39 is 17.1 Å². The molecule has 0 saturated carbocycles. The Hall–Kier alpha value is -1.28. The number of alkyl halides is 1. The molecule has 0 radical (unpaired) electrons. The van der Waals surface area contributed by atoms with Gasteiger partial charge in [0.15, 0.2) is 0 Å². The first-order valence-corrected chi connectivity index (χ1v) is 28.4. The molecule has 4 rings (SSSR count). The van der Waals surface area contributed by atoms with Crippen LogP contribution >= 0.6 is 22.6 Å². The van der Waals surface area contributed by atoms with Gasteiger partial charge in [-0.1, -0.05) is 111 Å². The topological polar surface area (TPSA) is 110 Å². The first-order chi connectivity index (χ1) is 28.4. The molecule has 0 amide bonds. The molecule has 62 heavy (non-hydrogen) atoms. The maximum atomic E-state index is 11.1. The Bertz CT molecular complexity index is 1730. The number of hydrogen-bond acceptors (Lipinski definition) is 8. The van der Waals surface area contributed by atoms with Crippen molar-refractivity contribution >= 4 is 39.7 Å². The van der Waals surface area contributed by atoms with E-state index in [1.165, 1.54) is 16.4 Å². The van der Waals surface area contributed by atoms with Gasteiger partial charge in [-0.15, -0.1) is 5.75 Å². The predicted molar refractivity (Wildman–Crippen MR) is 264 cm³/mol. The zero-order valence-electron chi connectivity index (χ0n) is 40.5. The monoisotopic (exact) mass is 1030 g/mol. The van der Waals surface area contributed by atoms with Crippen LogP contribution in [0.5, 0.6) is 23.0 Å². The third-order valence-electron chi connectivity index (χ3n) is 10.1. The van der Waals surface area contributed by atoms with E-state index in [4.69, 9.17) is 22.4 Å². The summed E-state index contributed by atoms with van der Waals surface area (Å²) in [5.41, 5.74) is 4.23. The minimum absolute atomic E-state index is 0. The van der Waals surface area contributed by atoms with Crippen molar-refractivity contribution in [1.82, 2.24) is 0 Å². The quantitative estimate of drug-likeness (QED) is 0.0390. The molecular formula is C50H76IKO8Si2. The molecule has 0 unspecified atom stereocenters. The van der Waals surface area contributed by atoms with E-state index in [9.17, 15) is 15.3 Å². The third-order valence-corrected chi connectivity index (χ3v) is 17.2. The maximum Gasteiger partial charge on any atom is 1.00 e. The summed E-state index contributed by atoms with van der Waals surface area (Å²) in [4.78, 5) is 0. The average molecular weight is 1030 g/mol. The Morgan fingerprint density at radius 2 is 0.806 bits per heavy atom. The van der Waals surface area contributed by atoms with Crippen molar-refractivity contribution in [2.45, 2.75) is 156 Å². The molecule has 0 aliphatic heterocycles. The van der Waals surface area contributed by atoms with Gasteiger partial charge in [-0.2, -0.15) is 0 Å². The van der Waals surface area contributed by atoms with Crippen LogP contribution in [0.15, 0.2) is 97.1 Å². The Kier molecular flexibility index (Phi) is 26.5. The van der Waals surface area contributed by atoms with Gasteiger partial charge in [-0.3, -0.25) is 0 Å². The summed E-state index contributed by atoms with van der Waals surface area (Å²) in [6, 6.07) is 31.8. The summed E-state index contributed by atoms with van der Waals surface area (Å²) in [5.74, 6) is 1.45. The Morgan fingerprint density at radius 1 is 0.516 bits per heavy atom. The van der Waals surface area contributed by atoms with Gasteiger partial charge in [0.25, 0.3) is 0 Å². The predicted octanol–water partition coefficient (Wildman–Crippen LogP) is 9.94. The smallest absolute Gasteiger partial charge is 0.872 e. The van der Waals surface area contributed by atoms with Crippen LogP contribution in [0.3, 0.4) is 0 Å². The van der Waals surface area contributed by atoms with Gasteiger partial charge in [0, 0.05) is 35.2 Å². The largest absolute Gasteiger partial charge is 1.00 e. The average Bonchev–Trinajstić information content (AvgIpc) is 3.16. The van der Waals surface area contributed by atoms with E-state index in [0.717, 1.165) is 40.9 Å². The molecule has 0 heterocycles. The number of benzene rings is 4. The van der Waals surface area contributed by atoms with E-state index in [0.29, 0.717) is 6.61 Å². The minimum atomic E-state index is -2.19. The Morgan fingerprint density at radius 3 is 1.11 bits per heavy atom. The van der Waals surface area contributed by atoms with Crippen LogP contribution in [0.25, 0.3) is 0 Å². The fraction of sp³-hybridized carbons (Fsp3) is 0.520. The van der Waals surface area contributed by atoms with Crippen LogP contribution < -0.4 is 61.2 Å². The Labute approximate surface area is 433 Å². The van der Waals surface area contributed by atoms with Crippen LogP contribution in [0.2, 0.25) is 25.2 Å². The second kappa shape index (κ2) is 28.0. The molecular weight excluding hydrogens is 951 g/mol. The van der Waals surface area contributed by atoms with Crippen LogP contribution in [-0.4, -0.2) is 62.8 Å².